The van der Waals surface area contributed by atoms with Gasteiger partial charge in [-0.25, -0.2) is 9.37 Å². The predicted octanol–water partition coefficient (Wildman–Crippen LogP) is 3.98. The summed E-state index contributed by atoms with van der Waals surface area (Å²) >= 11 is 0. The highest BCUT2D eigenvalue weighted by atomic mass is 19.4. The highest BCUT2D eigenvalue weighted by Crippen LogP contribution is 2.55. The van der Waals surface area contributed by atoms with Crippen molar-refractivity contribution in [1.29, 1.82) is 0 Å². The van der Waals surface area contributed by atoms with Crippen molar-refractivity contribution in [3.63, 3.8) is 0 Å². The Hall–Kier alpha value is -3.46. The van der Waals surface area contributed by atoms with Crippen LogP contribution in [0.1, 0.15) is 25.3 Å². The molecule has 1 aromatic heterocycles. The van der Waals surface area contributed by atoms with Crippen LogP contribution in [-0.4, -0.2) is 60.9 Å². The third-order valence-corrected chi connectivity index (χ3v) is 6.95. The number of halogens is 7. The summed E-state index contributed by atoms with van der Waals surface area (Å²) in [5.74, 6) is -9.32. The predicted molar refractivity (Wildman–Crippen MR) is 122 cm³/mol. The molecule has 3 heterocycles. The molecule has 39 heavy (non-hydrogen) atoms. The third-order valence-electron chi connectivity index (χ3n) is 6.95. The summed E-state index contributed by atoms with van der Waals surface area (Å²) in [6, 6.07) is 3.95. The number of carbonyl (C=O) groups is 2. The number of hydrogen-bond acceptors (Lipinski definition) is 6. The number of ether oxygens (including phenoxy) is 2. The van der Waals surface area contributed by atoms with Gasteiger partial charge in [-0.2, -0.15) is 26.3 Å². The van der Waals surface area contributed by atoms with Crippen molar-refractivity contribution < 1.29 is 49.8 Å². The number of anilines is 2. The molecule has 2 saturated heterocycles. The number of carbonyl (C=O) groups excluding carboxylic acids is 2. The summed E-state index contributed by atoms with van der Waals surface area (Å²) < 4.78 is 106. The van der Waals surface area contributed by atoms with Gasteiger partial charge in [0, 0.05) is 48.4 Å². The zero-order chi connectivity index (χ0) is 28.7. The largest absolute Gasteiger partial charge is 0.431 e. The Morgan fingerprint density at radius 3 is 2.64 bits per heavy atom. The summed E-state index contributed by atoms with van der Waals surface area (Å²) in [5.41, 5.74) is -3.53. The first-order valence-corrected chi connectivity index (χ1v) is 11.7. The van der Waals surface area contributed by atoms with Crippen LogP contribution < -0.4 is 20.3 Å². The molecule has 0 unspecified atom stereocenters. The second-order valence-electron chi connectivity index (χ2n) is 9.23. The van der Waals surface area contributed by atoms with Crippen LogP contribution in [0.3, 0.4) is 0 Å². The lowest BCUT2D eigenvalue weighted by atomic mass is 9.77. The summed E-state index contributed by atoms with van der Waals surface area (Å²) in [6.45, 7) is -1.09. The van der Waals surface area contributed by atoms with Gasteiger partial charge in [0.05, 0.1) is 6.54 Å². The molecule has 2 aliphatic rings. The summed E-state index contributed by atoms with van der Waals surface area (Å²) in [4.78, 5) is 30.9. The number of nitrogens with zero attached hydrogens (tertiary/aromatic N) is 2. The molecule has 2 aliphatic heterocycles. The van der Waals surface area contributed by atoms with Crippen LogP contribution in [0.15, 0.2) is 30.5 Å². The summed E-state index contributed by atoms with van der Waals surface area (Å²) in [7, 11) is 0. The number of amides is 2. The van der Waals surface area contributed by atoms with Crippen LogP contribution in [-0.2, 0) is 14.3 Å². The summed E-state index contributed by atoms with van der Waals surface area (Å²) in [6.07, 6.45) is -5.76. The fraction of sp³-hybridized carbons (Fsp3) is 0.458. The normalized spacial score (nSPS) is 25.7. The van der Waals surface area contributed by atoms with E-state index in [0.717, 1.165) is 13.0 Å². The van der Waals surface area contributed by atoms with Crippen molar-refractivity contribution in [2.45, 2.75) is 44.3 Å². The Kier molecular flexibility index (Phi) is 7.76. The van der Waals surface area contributed by atoms with Gasteiger partial charge in [0.2, 0.25) is 11.7 Å². The quantitative estimate of drug-likeness (QED) is 0.516. The molecule has 2 aromatic rings. The van der Waals surface area contributed by atoms with E-state index >= 15 is 0 Å². The Morgan fingerprint density at radius 1 is 1.28 bits per heavy atom. The molecule has 2 fully saturated rings. The maximum atomic E-state index is 14.5. The maximum Gasteiger partial charge on any atom is 0.417 e. The van der Waals surface area contributed by atoms with Gasteiger partial charge in [-0.05, 0) is 19.1 Å². The number of pyridine rings is 1. The van der Waals surface area contributed by atoms with E-state index in [1.54, 1.807) is 0 Å². The SMILES string of the molecule is C[C@H]1[C@@H](c2ccc(F)c(F)c2OC(F)F)[C@H](C(=O)Nc2ccnc(N3CCNCC3=O)c2)O[C@@]1(C)C(F)(F)F. The molecule has 2 N–H and O–H groups in total. The first kappa shape index (κ1) is 28.5. The minimum atomic E-state index is -5.03. The first-order chi connectivity index (χ1) is 18.2. The van der Waals surface area contributed by atoms with Gasteiger partial charge in [0.1, 0.15) is 11.9 Å². The second-order valence-corrected chi connectivity index (χ2v) is 9.23. The van der Waals surface area contributed by atoms with Gasteiger partial charge in [0.25, 0.3) is 5.91 Å². The fourth-order valence-electron chi connectivity index (χ4n) is 4.75. The van der Waals surface area contributed by atoms with E-state index in [9.17, 15) is 40.3 Å². The van der Waals surface area contributed by atoms with Gasteiger partial charge < -0.3 is 20.1 Å². The van der Waals surface area contributed by atoms with Crippen molar-refractivity contribution in [3.8, 4) is 5.75 Å². The molecule has 212 valence electrons. The monoisotopic (exact) mass is 564 g/mol. The van der Waals surface area contributed by atoms with Gasteiger partial charge in [-0.1, -0.05) is 13.0 Å². The highest BCUT2D eigenvalue weighted by Gasteiger charge is 2.66. The van der Waals surface area contributed by atoms with E-state index < -0.39 is 65.2 Å². The molecule has 15 heteroatoms. The van der Waals surface area contributed by atoms with Crippen molar-refractivity contribution in [3.05, 3.63) is 47.7 Å². The minimum Gasteiger partial charge on any atom is -0.431 e. The van der Waals surface area contributed by atoms with Crippen molar-refractivity contribution in [2.24, 2.45) is 5.92 Å². The maximum absolute atomic E-state index is 14.5. The molecular formula is C24H23F7N4O4. The standard InChI is InChI=1S/C24H23F7N4O4/c1-11-17(13-3-4-14(25)18(26)19(13)38-22(27)28)20(39-23(11,2)24(29,30)31)21(37)34-12-5-6-33-15(9-12)35-8-7-32-10-16(35)36/h3-6,9,11,17,20,22,32H,7-8,10H2,1-2H3,(H,33,34,37)/t11-,17-,20+,23+/m0/s1. The Balaban J connectivity index is 1.72. The summed E-state index contributed by atoms with van der Waals surface area (Å²) in [5, 5.41) is 5.27. The van der Waals surface area contributed by atoms with Crippen molar-refractivity contribution >= 4 is 23.3 Å². The number of hydrogen-bond donors (Lipinski definition) is 2. The zero-order valence-corrected chi connectivity index (χ0v) is 20.5. The molecule has 2 amide bonds. The van der Waals surface area contributed by atoms with E-state index in [1.807, 2.05) is 0 Å². The van der Waals surface area contributed by atoms with E-state index in [1.165, 1.54) is 23.2 Å². The van der Waals surface area contributed by atoms with Gasteiger partial charge in [0.15, 0.2) is 17.2 Å². The number of aromatic nitrogens is 1. The second kappa shape index (κ2) is 10.6. The van der Waals surface area contributed by atoms with E-state index in [2.05, 4.69) is 20.4 Å². The molecule has 8 nitrogen and oxygen atoms in total. The molecule has 0 radical (unpaired) electrons. The van der Waals surface area contributed by atoms with Gasteiger partial charge >= 0.3 is 12.8 Å². The van der Waals surface area contributed by atoms with Crippen LogP contribution >= 0.6 is 0 Å². The molecule has 0 spiro atoms. The average molecular weight is 564 g/mol. The van der Waals surface area contributed by atoms with Crippen LogP contribution in [0, 0.1) is 17.6 Å². The van der Waals surface area contributed by atoms with Crippen LogP contribution in [0.4, 0.5) is 42.2 Å². The van der Waals surface area contributed by atoms with E-state index in [0.29, 0.717) is 19.5 Å². The minimum absolute atomic E-state index is 0.0429. The molecule has 0 saturated carbocycles. The van der Waals surface area contributed by atoms with Crippen LogP contribution in [0.2, 0.25) is 0 Å². The third kappa shape index (κ3) is 5.37. The Labute approximate surface area is 217 Å². The van der Waals surface area contributed by atoms with Gasteiger partial charge in [-0.15, -0.1) is 0 Å². The first-order valence-electron chi connectivity index (χ1n) is 11.7. The topological polar surface area (TPSA) is 92.8 Å². The van der Waals surface area contributed by atoms with E-state index in [4.69, 9.17) is 4.74 Å². The molecule has 0 aliphatic carbocycles. The molecule has 4 atom stereocenters. The lowest BCUT2D eigenvalue weighted by Crippen LogP contribution is -2.48. The molecular weight excluding hydrogens is 541 g/mol. The number of alkyl halides is 5. The van der Waals surface area contributed by atoms with Crippen LogP contribution in [0.25, 0.3) is 0 Å². The molecule has 1 aromatic carbocycles. The Bertz CT molecular complexity index is 1260. The zero-order valence-electron chi connectivity index (χ0n) is 20.5. The number of piperazine rings is 1. The van der Waals surface area contributed by atoms with Gasteiger partial charge in [-0.3, -0.25) is 14.5 Å². The lowest BCUT2D eigenvalue weighted by Gasteiger charge is -2.32. The van der Waals surface area contributed by atoms with Crippen molar-refractivity contribution in [1.82, 2.24) is 10.3 Å². The molecule has 0 bridgehead atoms. The van der Waals surface area contributed by atoms with Crippen molar-refractivity contribution in [2.75, 3.05) is 29.9 Å². The van der Waals surface area contributed by atoms with Crippen LogP contribution in [0.5, 0.6) is 5.75 Å². The smallest absolute Gasteiger partial charge is 0.417 e. The number of rotatable bonds is 6. The fourth-order valence-corrected chi connectivity index (χ4v) is 4.75. The van der Waals surface area contributed by atoms with E-state index in [-0.39, 0.29) is 30.5 Å². The lowest BCUT2D eigenvalue weighted by molar-refractivity contribution is -0.272. The average Bonchev–Trinajstić information content (AvgIpc) is 3.14. The Morgan fingerprint density at radius 2 is 2.00 bits per heavy atom. The highest BCUT2D eigenvalue weighted by molar-refractivity contribution is 5.97. The molecule has 4 rings (SSSR count). The number of benzene rings is 1. The number of nitrogens with one attached hydrogen (secondary N) is 2.